The van der Waals surface area contributed by atoms with E-state index in [2.05, 4.69) is 83.4 Å². The van der Waals surface area contributed by atoms with Gasteiger partial charge in [0.25, 0.3) is 0 Å². The van der Waals surface area contributed by atoms with E-state index in [0.29, 0.717) is 37.7 Å². The van der Waals surface area contributed by atoms with Crippen LogP contribution in [0, 0.1) is 0 Å². The third-order valence-corrected chi connectivity index (χ3v) is 10.7. The topological polar surface area (TPSA) is 54.5 Å². The Balaban J connectivity index is 1.28. The number of nitrogens with zero attached hydrogens (tertiary/aromatic N) is 3. The summed E-state index contributed by atoms with van der Waals surface area (Å²) in [6, 6.07) is 27.4. The van der Waals surface area contributed by atoms with Crippen LogP contribution in [0.25, 0.3) is 0 Å². The Morgan fingerprint density at radius 3 is 2.02 bits per heavy atom. The summed E-state index contributed by atoms with van der Waals surface area (Å²) >= 11 is 0. The molecule has 3 aromatic rings. The largest absolute Gasteiger partial charge is 0.493 e. The van der Waals surface area contributed by atoms with E-state index in [1.165, 1.54) is 11.1 Å². The Labute approximate surface area is 262 Å². The van der Waals surface area contributed by atoms with E-state index in [-0.39, 0.29) is 22.7 Å². The van der Waals surface area contributed by atoms with Gasteiger partial charge in [-0.05, 0) is 87.9 Å². The third-order valence-electron chi connectivity index (χ3n) is 10.7. The molecule has 6 rings (SSSR count). The number of amides is 2. The highest BCUT2D eigenvalue weighted by molar-refractivity contribution is 5.78. The van der Waals surface area contributed by atoms with Crippen LogP contribution in [0.4, 0.5) is 4.79 Å². The highest BCUT2D eigenvalue weighted by Crippen LogP contribution is 2.51. The van der Waals surface area contributed by atoms with E-state index in [1.54, 1.807) is 14.2 Å². The van der Waals surface area contributed by atoms with Crippen molar-refractivity contribution < 1.29 is 19.0 Å². The van der Waals surface area contributed by atoms with Crippen molar-refractivity contribution in [3.05, 3.63) is 95.6 Å². The van der Waals surface area contributed by atoms with Crippen molar-refractivity contribution in [2.45, 2.75) is 74.8 Å². The van der Waals surface area contributed by atoms with Crippen LogP contribution in [0.2, 0.25) is 0 Å². The molecule has 3 aromatic carbocycles. The minimum atomic E-state index is -0.298. The fraction of sp³-hybridized carbons (Fsp3) is 0.486. The number of hydrogen-bond donors (Lipinski definition) is 0. The standard InChI is InChI=1S/C37H47N3O4/c1-38(2)37(31-14-9-6-10-15-31)22-20-35(21-23-37)27-39(25-30-16-17-32(42-3)33(24-30)43-4)34(41)40(35)28-36(18-11-19-36)44-26-29-12-7-5-8-13-29/h5-10,12-17,24H,11,18-23,25-28H2,1-4H3/t35-,37-. The van der Waals surface area contributed by atoms with Crippen LogP contribution in [0.1, 0.15) is 61.6 Å². The van der Waals surface area contributed by atoms with Crippen molar-refractivity contribution in [2.24, 2.45) is 0 Å². The fourth-order valence-corrected chi connectivity index (χ4v) is 7.76. The zero-order chi connectivity index (χ0) is 30.8. The van der Waals surface area contributed by atoms with Gasteiger partial charge in [0, 0.05) is 18.6 Å². The van der Waals surface area contributed by atoms with Crippen LogP contribution in [0.3, 0.4) is 0 Å². The molecule has 0 atom stereocenters. The first-order chi connectivity index (χ1) is 21.3. The van der Waals surface area contributed by atoms with Gasteiger partial charge in [0.2, 0.25) is 0 Å². The van der Waals surface area contributed by atoms with Gasteiger partial charge < -0.3 is 24.0 Å². The van der Waals surface area contributed by atoms with Gasteiger partial charge in [-0.2, -0.15) is 0 Å². The quantitative estimate of drug-likeness (QED) is 0.242. The van der Waals surface area contributed by atoms with E-state index in [1.807, 2.05) is 24.3 Å². The summed E-state index contributed by atoms with van der Waals surface area (Å²) < 4.78 is 17.7. The number of rotatable bonds is 11. The molecule has 0 N–H and O–H groups in total. The lowest BCUT2D eigenvalue weighted by Crippen LogP contribution is -2.60. The second-order valence-electron chi connectivity index (χ2n) is 13.2. The maximum absolute atomic E-state index is 14.4. The van der Waals surface area contributed by atoms with Gasteiger partial charge in [-0.3, -0.25) is 4.90 Å². The predicted molar refractivity (Wildman–Crippen MR) is 173 cm³/mol. The van der Waals surface area contributed by atoms with Gasteiger partial charge >= 0.3 is 6.03 Å². The Morgan fingerprint density at radius 2 is 1.43 bits per heavy atom. The Hall–Kier alpha value is -3.55. The van der Waals surface area contributed by atoms with Gasteiger partial charge in [0.05, 0.1) is 38.5 Å². The number of methoxy groups -OCH3 is 2. The lowest BCUT2D eigenvalue weighted by Gasteiger charge is -2.53. The molecule has 1 heterocycles. The highest BCUT2D eigenvalue weighted by Gasteiger charge is 2.56. The predicted octanol–water partition coefficient (Wildman–Crippen LogP) is 6.85. The van der Waals surface area contributed by atoms with Crippen LogP contribution in [0.5, 0.6) is 11.5 Å². The number of carbonyl (C=O) groups is 1. The summed E-state index contributed by atoms with van der Waals surface area (Å²) in [5, 5.41) is 0. The van der Waals surface area contributed by atoms with Crippen molar-refractivity contribution in [2.75, 3.05) is 41.4 Å². The molecule has 2 aliphatic carbocycles. The lowest BCUT2D eigenvalue weighted by molar-refractivity contribution is -0.130. The van der Waals surface area contributed by atoms with Crippen molar-refractivity contribution in [1.82, 2.24) is 14.7 Å². The first-order valence-corrected chi connectivity index (χ1v) is 16.0. The molecule has 2 saturated carbocycles. The Morgan fingerprint density at radius 1 is 0.773 bits per heavy atom. The summed E-state index contributed by atoms with van der Waals surface area (Å²) in [4.78, 5) is 21.1. The number of ether oxygens (including phenoxy) is 3. The van der Waals surface area contributed by atoms with Crippen molar-refractivity contribution in [3.8, 4) is 11.5 Å². The molecule has 3 aliphatic rings. The van der Waals surface area contributed by atoms with Crippen molar-refractivity contribution in [3.63, 3.8) is 0 Å². The number of urea groups is 1. The summed E-state index contributed by atoms with van der Waals surface area (Å²) in [5.41, 5.74) is 2.99. The van der Waals surface area contributed by atoms with Crippen LogP contribution < -0.4 is 9.47 Å². The van der Waals surface area contributed by atoms with E-state index in [0.717, 1.165) is 50.5 Å². The minimum absolute atomic E-state index is 0.0457. The summed E-state index contributed by atoms with van der Waals surface area (Å²) in [5.74, 6) is 1.38. The van der Waals surface area contributed by atoms with Crippen LogP contribution in [0.15, 0.2) is 78.9 Å². The maximum atomic E-state index is 14.4. The Kier molecular flexibility index (Phi) is 8.62. The SMILES string of the molecule is COc1ccc(CN2C[C@]3(CC[C@@](c4ccccc4)(N(C)C)CC3)N(CC3(OCc4ccccc4)CCC3)C2=O)cc1OC. The molecule has 2 amide bonds. The first kappa shape index (κ1) is 30.5. The number of carbonyl (C=O) groups excluding carboxylic acids is 1. The van der Waals surface area contributed by atoms with E-state index < -0.39 is 0 Å². The molecule has 0 aromatic heterocycles. The average molecular weight is 598 g/mol. The van der Waals surface area contributed by atoms with Crippen LogP contribution in [-0.4, -0.2) is 73.3 Å². The molecule has 7 heteroatoms. The highest BCUT2D eigenvalue weighted by atomic mass is 16.5. The molecule has 1 aliphatic heterocycles. The van der Waals surface area contributed by atoms with E-state index in [4.69, 9.17) is 14.2 Å². The smallest absolute Gasteiger partial charge is 0.321 e. The zero-order valence-corrected chi connectivity index (χ0v) is 26.8. The van der Waals surface area contributed by atoms with E-state index in [9.17, 15) is 4.79 Å². The Bertz CT molecular complexity index is 1420. The van der Waals surface area contributed by atoms with Crippen LogP contribution >= 0.6 is 0 Å². The molecule has 44 heavy (non-hydrogen) atoms. The molecule has 234 valence electrons. The van der Waals surface area contributed by atoms with Crippen LogP contribution in [-0.2, 0) is 23.4 Å². The zero-order valence-electron chi connectivity index (χ0n) is 26.8. The molecule has 0 unspecified atom stereocenters. The van der Waals surface area contributed by atoms with E-state index >= 15 is 0 Å². The second kappa shape index (κ2) is 12.4. The summed E-state index contributed by atoms with van der Waals surface area (Å²) in [7, 11) is 7.70. The molecule has 0 radical (unpaired) electrons. The van der Waals surface area contributed by atoms with Gasteiger partial charge in [0.15, 0.2) is 11.5 Å². The van der Waals surface area contributed by atoms with Gasteiger partial charge in [-0.15, -0.1) is 0 Å². The first-order valence-electron chi connectivity index (χ1n) is 16.0. The molecule has 7 nitrogen and oxygen atoms in total. The molecular weight excluding hydrogens is 550 g/mol. The van der Waals surface area contributed by atoms with Gasteiger partial charge in [-0.1, -0.05) is 66.7 Å². The monoisotopic (exact) mass is 597 g/mol. The lowest BCUT2D eigenvalue weighted by atomic mass is 9.67. The molecule has 1 spiro atoms. The summed E-state index contributed by atoms with van der Waals surface area (Å²) in [6.07, 6.45) is 7.00. The second-order valence-corrected chi connectivity index (χ2v) is 13.2. The maximum Gasteiger partial charge on any atom is 0.321 e. The molecule has 1 saturated heterocycles. The van der Waals surface area contributed by atoms with Crippen molar-refractivity contribution in [1.29, 1.82) is 0 Å². The fourth-order valence-electron chi connectivity index (χ4n) is 7.76. The third kappa shape index (κ3) is 5.68. The number of benzene rings is 3. The van der Waals surface area contributed by atoms with Crippen molar-refractivity contribution >= 4 is 6.03 Å². The minimum Gasteiger partial charge on any atom is -0.493 e. The average Bonchev–Trinajstić information content (AvgIpc) is 3.28. The van der Waals surface area contributed by atoms with Gasteiger partial charge in [0.1, 0.15) is 0 Å². The molecule has 0 bridgehead atoms. The van der Waals surface area contributed by atoms with Gasteiger partial charge in [-0.25, -0.2) is 4.79 Å². The summed E-state index contributed by atoms with van der Waals surface area (Å²) in [6.45, 7) is 2.46. The molecule has 3 fully saturated rings. The number of hydrogen-bond acceptors (Lipinski definition) is 5. The molecular formula is C37H47N3O4. The normalized spacial score (nSPS) is 24.5.